The molecule has 0 atom stereocenters. The molecule has 1 fully saturated rings. The lowest BCUT2D eigenvalue weighted by atomic mass is 10.0. The topological polar surface area (TPSA) is 58.2 Å². The van der Waals surface area contributed by atoms with Crippen molar-refractivity contribution in [1.82, 2.24) is 5.32 Å². The van der Waals surface area contributed by atoms with Crippen LogP contribution < -0.4 is 10.6 Å². The molecule has 0 heterocycles. The Balaban J connectivity index is 1.91. The van der Waals surface area contributed by atoms with Crippen LogP contribution in [0.4, 0.5) is 5.69 Å². The van der Waals surface area contributed by atoms with Gasteiger partial charge in [-0.25, -0.2) is 0 Å². The quantitative estimate of drug-likeness (QED) is 0.760. The van der Waals surface area contributed by atoms with Crippen LogP contribution in [-0.4, -0.2) is 18.4 Å². The van der Waals surface area contributed by atoms with Crippen LogP contribution in [0.3, 0.4) is 0 Å². The molecule has 0 spiro atoms. The van der Waals surface area contributed by atoms with E-state index in [2.05, 4.69) is 31.4 Å². The van der Waals surface area contributed by atoms with Crippen molar-refractivity contribution in [2.75, 3.05) is 11.9 Å². The molecule has 4 nitrogen and oxygen atoms in total. The summed E-state index contributed by atoms with van der Waals surface area (Å²) in [6.45, 7) is 6.96. The molecule has 1 saturated carbocycles. The van der Waals surface area contributed by atoms with Gasteiger partial charge >= 0.3 is 0 Å². The molecule has 120 valence electrons. The van der Waals surface area contributed by atoms with Crippen molar-refractivity contribution in [2.45, 2.75) is 46.5 Å². The summed E-state index contributed by atoms with van der Waals surface area (Å²) in [6.07, 6.45) is 3.18. The highest BCUT2D eigenvalue weighted by Crippen LogP contribution is 2.46. The van der Waals surface area contributed by atoms with E-state index in [-0.39, 0.29) is 11.8 Å². The van der Waals surface area contributed by atoms with Crippen molar-refractivity contribution in [3.8, 4) is 0 Å². The molecule has 2 rings (SSSR count). The van der Waals surface area contributed by atoms with Gasteiger partial charge in [0.1, 0.15) is 5.41 Å². The number of benzene rings is 1. The second-order valence-electron chi connectivity index (χ2n) is 6.53. The number of rotatable bonds is 7. The average molecular weight is 302 g/mol. The molecule has 1 aromatic carbocycles. The van der Waals surface area contributed by atoms with Gasteiger partial charge in [-0.1, -0.05) is 32.9 Å². The third kappa shape index (κ3) is 3.87. The lowest BCUT2D eigenvalue weighted by molar-refractivity contribution is -0.134. The fourth-order valence-corrected chi connectivity index (χ4v) is 2.40. The van der Waals surface area contributed by atoms with Crippen LogP contribution >= 0.6 is 0 Å². The maximum absolute atomic E-state index is 12.4. The summed E-state index contributed by atoms with van der Waals surface area (Å²) in [4.78, 5) is 24.7. The van der Waals surface area contributed by atoms with E-state index in [1.165, 1.54) is 5.56 Å². The Kier molecular flexibility index (Phi) is 5.22. The van der Waals surface area contributed by atoms with Crippen molar-refractivity contribution >= 4 is 17.5 Å². The molecule has 0 aromatic heterocycles. The summed E-state index contributed by atoms with van der Waals surface area (Å²) in [7, 11) is 0. The first kappa shape index (κ1) is 16.5. The number of nitrogens with one attached hydrogen (secondary N) is 2. The van der Waals surface area contributed by atoms with E-state index in [1.54, 1.807) is 0 Å². The average Bonchev–Trinajstić information content (AvgIpc) is 3.29. The lowest BCUT2D eigenvalue weighted by Gasteiger charge is -2.16. The third-order valence-electron chi connectivity index (χ3n) is 4.25. The number of anilines is 1. The molecule has 2 N–H and O–H groups in total. The minimum absolute atomic E-state index is 0.129. The summed E-state index contributed by atoms with van der Waals surface area (Å²) >= 11 is 0. The van der Waals surface area contributed by atoms with Crippen LogP contribution in [0, 0.1) is 11.3 Å². The van der Waals surface area contributed by atoms with Gasteiger partial charge in [0.05, 0.1) is 0 Å². The second kappa shape index (κ2) is 6.95. The fourth-order valence-electron chi connectivity index (χ4n) is 2.40. The SMILES string of the molecule is CCc1ccc(NC(=O)C2(C(=O)NCCC(C)C)CC2)cc1. The predicted molar refractivity (Wildman–Crippen MR) is 88.6 cm³/mol. The van der Waals surface area contributed by atoms with Crippen LogP contribution in [0.5, 0.6) is 0 Å². The molecular formula is C18H26N2O2. The zero-order valence-electron chi connectivity index (χ0n) is 13.7. The molecule has 0 bridgehead atoms. The van der Waals surface area contributed by atoms with Crippen LogP contribution in [0.1, 0.15) is 45.6 Å². The molecule has 4 heteroatoms. The molecule has 2 amide bonds. The summed E-state index contributed by atoms with van der Waals surface area (Å²) in [5.74, 6) is 0.232. The van der Waals surface area contributed by atoms with E-state index in [0.717, 1.165) is 18.5 Å². The summed E-state index contributed by atoms with van der Waals surface area (Å²) in [6, 6.07) is 7.78. The van der Waals surface area contributed by atoms with Crippen molar-refractivity contribution < 1.29 is 9.59 Å². The van der Waals surface area contributed by atoms with E-state index in [0.29, 0.717) is 25.3 Å². The van der Waals surface area contributed by atoms with E-state index in [4.69, 9.17) is 0 Å². The molecule has 0 unspecified atom stereocenters. The minimum atomic E-state index is -0.847. The van der Waals surface area contributed by atoms with Crippen LogP contribution in [0.15, 0.2) is 24.3 Å². The van der Waals surface area contributed by atoms with Gasteiger partial charge in [0, 0.05) is 12.2 Å². The number of carbonyl (C=O) groups excluding carboxylic acids is 2. The molecular weight excluding hydrogens is 276 g/mol. The number of carbonyl (C=O) groups is 2. The Bertz CT molecular complexity index is 531. The smallest absolute Gasteiger partial charge is 0.240 e. The van der Waals surface area contributed by atoms with Gasteiger partial charge in [0.15, 0.2) is 0 Å². The fraction of sp³-hybridized carbons (Fsp3) is 0.556. The first-order valence-electron chi connectivity index (χ1n) is 8.16. The van der Waals surface area contributed by atoms with Crippen molar-refractivity contribution in [2.24, 2.45) is 11.3 Å². The summed E-state index contributed by atoms with van der Waals surface area (Å²) in [5.41, 5.74) is 1.13. The first-order valence-corrected chi connectivity index (χ1v) is 8.16. The predicted octanol–water partition coefficient (Wildman–Crippen LogP) is 3.13. The van der Waals surface area contributed by atoms with E-state index in [1.807, 2.05) is 24.3 Å². The first-order chi connectivity index (χ1) is 10.5. The van der Waals surface area contributed by atoms with Gasteiger partial charge < -0.3 is 10.6 Å². The summed E-state index contributed by atoms with van der Waals surface area (Å²) in [5, 5.41) is 5.78. The van der Waals surface area contributed by atoms with Gasteiger partial charge in [-0.15, -0.1) is 0 Å². The number of hydrogen-bond donors (Lipinski definition) is 2. The number of amides is 2. The van der Waals surface area contributed by atoms with Crippen LogP contribution in [0.2, 0.25) is 0 Å². The van der Waals surface area contributed by atoms with Crippen LogP contribution in [0.25, 0.3) is 0 Å². The van der Waals surface area contributed by atoms with Gasteiger partial charge in [-0.2, -0.15) is 0 Å². The van der Waals surface area contributed by atoms with Gasteiger partial charge in [0.2, 0.25) is 11.8 Å². The molecule has 0 radical (unpaired) electrons. The Morgan fingerprint density at radius 3 is 2.27 bits per heavy atom. The highest BCUT2D eigenvalue weighted by Gasteiger charge is 2.56. The molecule has 22 heavy (non-hydrogen) atoms. The Morgan fingerprint density at radius 1 is 1.14 bits per heavy atom. The molecule has 1 aliphatic carbocycles. The molecule has 0 saturated heterocycles. The number of hydrogen-bond acceptors (Lipinski definition) is 2. The summed E-state index contributed by atoms with van der Waals surface area (Å²) < 4.78 is 0. The highest BCUT2D eigenvalue weighted by atomic mass is 16.2. The maximum Gasteiger partial charge on any atom is 0.240 e. The lowest BCUT2D eigenvalue weighted by Crippen LogP contribution is -2.40. The highest BCUT2D eigenvalue weighted by molar-refractivity contribution is 6.13. The van der Waals surface area contributed by atoms with E-state index >= 15 is 0 Å². The van der Waals surface area contributed by atoms with Crippen molar-refractivity contribution in [1.29, 1.82) is 0 Å². The normalized spacial score (nSPS) is 15.5. The molecule has 0 aliphatic heterocycles. The minimum Gasteiger partial charge on any atom is -0.355 e. The van der Waals surface area contributed by atoms with Crippen molar-refractivity contribution in [3.63, 3.8) is 0 Å². The maximum atomic E-state index is 12.4. The number of aryl methyl sites for hydroxylation is 1. The second-order valence-corrected chi connectivity index (χ2v) is 6.53. The standard InChI is InChI=1S/C18H26N2O2/c1-4-14-5-7-15(8-6-14)20-17(22)18(10-11-18)16(21)19-12-9-13(2)3/h5-8,13H,4,9-12H2,1-3H3,(H,19,21)(H,20,22). The Labute approximate surface area is 132 Å². The van der Waals surface area contributed by atoms with E-state index in [9.17, 15) is 9.59 Å². The van der Waals surface area contributed by atoms with Gasteiger partial charge in [-0.05, 0) is 49.3 Å². The van der Waals surface area contributed by atoms with Crippen molar-refractivity contribution in [3.05, 3.63) is 29.8 Å². The zero-order valence-corrected chi connectivity index (χ0v) is 13.7. The van der Waals surface area contributed by atoms with E-state index < -0.39 is 5.41 Å². The third-order valence-corrected chi connectivity index (χ3v) is 4.25. The molecule has 1 aromatic rings. The molecule has 1 aliphatic rings. The Hall–Kier alpha value is -1.84. The monoisotopic (exact) mass is 302 g/mol. The van der Waals surface area contributed by atoms with Crippen LogP contribution in [-0.2, 0) is 16.0 Å². The van der Waals surface area contributed by atoms with Gasteiger partial charge in [-0.3, -0.25) is 9.59 Å². The Morgan fingerprint density at radius 2 is 1.77 bits per heavy atom. The van der Waals surface area contributed by atoms with Gasteiger partial charge in [0.25, 0.3) is 0 Å². The largest absolute Gasteiger partial charge is 0.355 e. The zero-order chi connectivity index (χ0) is 16.2.